The molecule has 0 saturated carbocycles. The molecular weight excluding hydrogens is 166 g/mol. The van der Waals surface area contributed by atoms with Crippen molar-refractivity contribution in [2.45, 2.75) is 19.9 Å². The molecule has 1 aromatic rings. The van der Waals surface area contributed by atoms with E-state index in [1.807, 2.05) is 23.9 Å². The van der Waals surface area contributed by atoms with Crippen LogP contribution in [0.3, 0.4) is 0 Å². The molecule has 0 aliphatic carbocycles. The Labute approximate surface area is 76.5 Å². The van der Waals surface area contributed by atoms with Gasteiger partial charge in [0.1, 0.15) is 5.82 Å². The summed E-state index contributed by atoms with van der Waals surface area (Å²) < 4.78 is 1.92. The van der Waals surface area contributed by atoms with Gasteiger partial charge in [0.25, 0.3) is 0 Å². The van der Waals surface area contributed by atoms with Gasteiger partial charge in [0, 0.05) is 31.2 Å². The Morgan fingerprint density at radius 2 is 2.46 bits per heavy atom. The van der Waals surface area contributed by atoms with Crippen molar-refractivity contribution in [3.63, 3.8) is 0 Å². The molecule has 2 rings (SSSR count). The SMILES string of the molecule is CCC(=O)N1C=Cn2ccnc2C1. The van der Waals surface area contributed by atoms with E-state index in [9.17, 15) is 4.79 Å². The molecule has 4 heteroatoms. The first-order valence-corrected chi connectivity index (χ1v) is 4.30. The summed E-state index contributed by atoms with van der Waals surface area (Å²) in [5.74, 6) is 1.04. The molecule has 0 unspecified atom stereocenters. The Morgan fingerprint density at radius 1 is 1.62 bits per heavy atom. The first-order valence-electron chi connectivity index (χ1n) is 4.30. The number of fused-ring (bicyclic) bond motifs is 1. The number of carbonyl (C=O) groups is 1. The lowest BCUT2D eigenvalue weighted by atomic mass is 10.3. The minimum Gasteiger partial charge on any atom is -0.310 e. The van der Waals surface area contributed by atoms with Crippen LogP contribution in [-0.4, -0.2) is 20.4 Å². The molecule has 68 valence electrons. The lowest BCUT2D eigenvalue weighted by Gasteiger charge is -2.21. The average Bonchev–Trinajstić information content (AvgIpc) is 2.63. The fourth-order valence-electron chi connectivity index (χ4n) is 1.33. The third kappa shape index (κ3) is 1.35. The van der Waals surface area contributed by atoms with E-state index >= 15 is 0 Å². The van der Waals surface area contributed by atoms with Crippen LogP contribution in [0.15, 0.2) is 18.6 Å². The number of amides is 1. The Kier molecular flexibility index (Phi) is 1.88. The van der Waals surface area contributed by atoms with E-state index in [-0.39, 0.29) is 5.91 Å². The molecule has 0 N–H and O–H groups in total. The Morgan fingerprint density at radius 3 is 3.23 bits per heavy atom. The molecule has 1 amide bonds. The lowest BCUT2D eigenvalue weighted by molar-refractivity contribution is -0.128. The van der Waals surface area contributed by atoms with Crippen LogP contribution in [0.4, 0.5) is 0 Å². The Hall–Kier alpha value is -1.58. The molecule has 0 spiro atoms. The maximum absolute atomic E-state index is 11.3. The summed E-state index contributed by atoms with van der Waals surface area (Å²) in [6.07, 6.45) is 7.78. The van der Waals surface area contributed by atoms with Crippen LogP contribution >= 0.6 is 0 Å². The van der Waals surface area contributed by atoms with Crippen molar-refractivity contribution in [2.75, 3.05) is 0 Å². The van der Waals surface area contributed by atoms with Crippen molar-refractivity contribution < 1.29 is 4.79 Å². The number of nitrogens with zero attached hydrogens (tertiary/aromatic N) is 3. The first-order chi connectivity index (χ1) is 6.31. The number of aromatic nitrogens is 2. The highest BCUT2D eigenvalue weighted by Crippen LogP contribution is 2.11. The quantitative estimate of drug-likeness (QED) is 0.643. The second-order valence-electron chi connectivity index (χ2n) is 2.92. The smallest absolute Gasteiger partial charge is 0.226 e. The predicted molar refractivity (Wildman–Crippen MR) is 48.4 cm³/mol. The molecule has 4 nitrogen and oxygen atoms in total. The topological polar surface area (TPSA) is 38.1 Å². The second kappa shape index (κ2) is 3.05. The fourth-order valence-corrected chi connectivity index (χ4v) is 1.33. The third-order valence-electron chi connectivity index (χ3n) is 2.09. The van der Waals surface area contributed by atoms with Gasteiger partial charge in [0.15, 0.2) is 0 Å². The highest BCUT2D eigenvalue weighted by molar-refractivity contribution is 5.77. The number of hydrogen-bond donors (Lipinski definition) is 0. The molecule has 0 fully saturated rings. The number of imidazole rings is 1. The fraction of sp³-hybridized carbons (Fsp3) is 0.333. The lowest BCUT2D eigenvalue weighted by Crippen LogP contribution is -2.28. The van der Waals surface area contributed by atoms with E-state index < -0.39 is 0 Å². The standard InChI is InChI=1S/C9H11N3O/c1-2-9(13)12-6-5-11-4-3-10-8(11)7-12/h3-6H,2,7H2,1H3. The highest BCUT2D eigenvalue weighted by Gasteiger charge is 2.15. The van der Waals surface area contributed by atoms with E-state index in [0.29, 0.717) is 13.0 Å². The van der Waals surface area contributed by atoms with Gasteiger partial charge in [0.05, 0.1) is 6.54 Å². The molecule has 2 heterocycles. The zero-order chi connectivity index (χ0) is 9.26. The minimum atomic E-state index is 0.130. The van der Waals surface area contributed by atoms with E-state index in [0.717, 1.165) is 5.82 Å². The number of rotatable bonds is 1. The minimum absolute atomic E-state index is 0.130. The van der Waals surface area contributed by atoms with Crippen LogP contribution in [-0.2, 0) is 11.3 Å². The summed E-state index contributed by atoms with van der Waals surface area (Å²) in [7, 11) is 0. The highest BCUT2D eigenvalue weighted by atomic mass is 16.2. The van der Waals surface area contributed by atoms with Crippen molar-refractivity contribution in [2.24, 2.45) is 0 Å². The molecule has 1 aliphatic rings. The van der Waals surface area contributed by atoms with Crippen molar-refractivity contribution in [1.82, 2.24) is 14.5 Å². The van der Waals surface area contributed by atoms with Gasteiger partial charge in [-0.15, -0.1) is 0 Å². The zero-order valence-electron chi connectivity index (χ0n) is 7.47. The summed E-state index contributed by atoms with van der Waals surface area (Å²) in [5, 5.41) is 0. The van der Waals surface area contributed by atoms with Gasteiger partial charge in [-0.3, -0.25) is 4.79 Å². The van der Waals surface area contributed by atoms with Crippen molar-refractivity contribution in [3.8, 4) is 0 Å². The van der Waals surface area contributed by atoms with Gasteiger partial charge in [-0.1, -0.05) is 6.92 Å². The van der Waals surface area contributed by atoms with Gasteiger partial charge in [-0.05, 0) is 0 Å². The third-order valence-corrected chi connectivity index (χ3v) is 2.09. The van der Waals surface area contributed by atoms with Gasteiger partial charge >= 0.3 is 0 Å². The summed E-state index contributed by atoms with van der Waals surface area (Å²) in [4.78, 5) is 17.2. The monoisotopic (exact) mass is 177 g/mol. The van der Waals surface area contributed by atoms with Crippen LogP contribution in [0, 0.1) is 0 Å². The van der Waals surface area contributed by atoms with Crippen LogP contribution in [0.2, 0.25) is 0 Å². The van der Waals surface area contributed by atoms with Gasteiger partial charge < -0.3 is 9.47 Å². The van der Waals surface area contributed by atoms with Crippen molar-refractivity contribution in [1.29, 1.82) is 0 Å². The van der Waals surface area contributed by atoms with E-state index in [4.69, 9.17) is 0 Å². The maximum Gasteiger partial charge on any atom is 0.226 e. The first kappa shape index (κ1) is 8.04. The summed E-state index contributed by atoms with van der Waals surface area (Å²) in [6, 6.07) is 0. The van der Waals surface area contributed by atoms with Crippen LogP contribution < -0.4 is 0 Å². The number of carbonyl (C=O) groups excluding carboxylic acids is 1. The molecular formula is C9H11N3O. The summed E-state index contributed by atoms with van der Waals surface area (Å²) >= 11 is 0. The Bertz CT molecular complexity index is 353. The van der Waals surface area contributed by atoms with E-state index in [1.165, 1.54) is 0 Å². The molecule has 1 aromatic heterocycles. The van der Waals surface area contributed by atoms with Crippen LogP contribution in [0.1, 0.15) is 19.2 Å². The predicted octanol–water partition coefficient (Wildman–Crippen LogP) is 1.06. The normalized spacial score (nSPS) is 14.4. The van der Waals surface area contributed by atoms with Crippen molar-refractivity contribution in [3.05, 3.63) is 24.4 Å². The maximum atomic E-state index is 11.3. The molecule has 1 aliphatic heterocycles. The zero-order valence-corrected chi connectivity index (χ0v) is 7.47. The molecule has 0 radical (unpaired) electrons. The Balaban J connectivity index is 2.21. The van der Waals surface area contributed by atoms with E-state index in [2.05, 4.69) is 4.98 Å². The van der Waals surface area contributed by atoms with E-state index in [1.54, 1.807) is 17.3 Å². The molecule has 13 heavy (non-hydrogen) atoms. The summed E-state index contributed by atoms with van der Waals surface area (Å²) in [5.41, 5.74) is 0. The van der Waals surface area contributed by atoms with Gasteiger partial charge in [-0.25, -0.2) is 4.98 Å². The van der Waals surface area contributed by atoms with Crippen LogP contribution in [0.25, 0.3) is 6.20 Å². The summed E-state index contributed by atoms with van der Waals surface area (Å²) in [6.45, 7) is 2.44. The largest absolute Gasteiger partial charge is 0.310 e. The van der Waals surface area contributed by atoms with Crippen molar-refractivity contribution >= 4 is 12.1 Å². The van der Waals surface area contributed by atoms with Gasteiger partial charge in [0.2, 0.25) is 5.91 Å². The number of hydrogen-bond acceptors (Lipinski definition) is 2. The average molecular weight is 177 g/mol. The van der Waals surface area contributed by atoms with Gasteiger partial charge in [-0.2, -0.15) is 0 Å². The van der Waals surface area contributed by atoms with Crippen LogP contribution in [0.5, 0.6) is 0 Å². The molecule has 0 bridgehead atoms. The molecule has 0 atom stereocenters. The second-order valence-corrected chi connectivity index (χ2v) is 2.92. The molecule has 0 aromatic carbocycles. The molecule has 0 saturated heterocycles.